The summed E-state index contributed by atoms with van der Waals surface area (Å²) in [5, 5.41) is 4.85. The Morgan fingerprint density at radius 3 is 2.12 bits per heavy atom. The Kier molecular flexibility index (Phi) is 4.51. The summed E-state index contributed by atoms with van der Waals surface area (Å²) in [6.45, 7) is 0. The topological polar surface area (TPSA) is 49.7 Å². The van der Waals surface area contributed by atoms with E-state index in [1.807, 2.05) is 0 Å². The lowest BCUT2D eigenvalue weighted by Gasteiger charge is -2.24. The third kappa shape index (κ3) is 3.72. The van der Waals surface area contributed by atoms with Gasteiger partial charge in [-0.05, 0) is 42.0 Å². The van der Waals surface area contributed by atoms with Crippen LogP contribution in [0.1, 0.15) is 18.0 Å². The van der Waals surface area contributed by atoms with Gasteiger partial charge < -0.3 is 0 Å². The van der Waals surface area contributed by atoms with Gasteiger partial charge in [-0.25, -0.2) is 12.8 Å². The van der Waals surface area contributed by atoms with E-state index in [2.05, 4.69) is 5.10 Å². The van der Waals surface area contributed by atoms with Crippen molar-refractivity contribution in [3.8, 4) is 0 Å². The minimum absolute atomic E-state index is 0.0737. The summed E-state index contributed by atoms with van der Waals surface area (Å²) < 4.78 is 75.6. The van der Waals surface area contributed by atoms with E-state index in [1.54, 1.807) is 0 Å². The zero-order valence-corrected chi connectivity index (χ0v) is 14.4. The van der Waals surface area contributed by atoms with Crippen LogP contribution in [0.4, 0.5) is 23.2 Å². The summed E-state index contributed by atoms with van der Waals surface area (Å²) in [6, 6.07) is 9.81. The van der Waals surface area contributed by atoms with Crippen LogP contribution in [0.25, 0.3) is 0 Å². The van der Waals surface area contributed by atoms with Crippen molar-refractivity contribution in [2.45, 2.75) is 23.5 Å². The zero-order valence-electron chi connectivity index (χ0n) is 13.5. The fourth-order valence-corrected chi connectivity index (χ4v) is 3.34. The average Bonchev–Trinajstić information content (AvgIpc) is 3.00. The summed E-state index contributed by atoms with van der Waals surface area (Å²) in [7, 11) is -3.41. The van der Waals surface area contributed by atoms with Crippen LogP contribution >= 0.6 is 0 Å². The van der Waals surface area contributed by atoms with Gasteiger partial charge in [-0.3, -0.25) is 5.01 Å². The maximum Gasteiger partial charge on any atom is 0.431 e. The highest BCUT2D eigenvalue weighted by Crippen LogP contribution is 2.39. The Hall–Kier alpha value is -2.42. The predicted octanol–water partition coefficient (Wildman–Crippen LogP) is 4.10. The second-order valence-electron chi connectivity index (χ2n) is 5.93. The highest BCUT2D eigenvalue weighted by molar-refractivity contribution is 7.90. The molecule has 1 heterocycles. The molecule has 0 spiro atoms. The number of rotatable bonds is 3. The van der Waals surface area contributed by atoms with Gasteiger partial charge in [0.05, 0.1) is 16.6 Å². The molecule has 1 aliphatic heterocycles. The molecule has 0 fully saturated rings. The smallest absolute Gasteiger partial charge is 0.257 e. The molecular formula is C17H14F4N2O2S. The highest BCUT2D eigenvalue weighted by Gasteiger charge is 2.43. The quantitative estimate of drug-likeness (QED) is 0.747. The van der Waals surface area contributed by atoms with Crippen LogP contribution in [-0.4, -0.2) is 26.6 Å². The Balaban J connectivity index is 2.00. The molecule has 0 amide bonds. The number of alkyl halides is 3. The maximum atomic E-state index is 13.1. The molecule has 2 aromatic rings. The van der Waals surface area contributed by atoms with E-state index >= 15 is 0 Å². The third-order valence-corrected chi connectivity index (χ3v) is 5.15. The van der Waals surface area contributed by atoms with Crippen molar-refractivity contribution >= 4 is 21.2 Å². The number of nitrogens with zero attached hydrogens (tertiary/aromatic N) is 2. The molecule has 0 bridgehead atoms. The first-order chi connectivity index (χ1) is 12.1. The molecule has 1 unspecified atom stereocenters. The van der Waals surface area contributed by atoms with Gasteiger partial charge in [0.2, 0.25) is 0 Å². The van der Waals surface area contributed by atoms with Crippen molar-refractivity contribution in [2.75, 3.05) is 11.3 Å². The molecule has 2 aromatic carbocycles. The van der Waals surface area contributed by atoms with E-state index in [9.17, 15) is 26.0 Å². The van der Waals surface area contributed by atoms with E-state index in [-0.39, 0.29) is 11.3 Å². The molecule has 0 saturated carbocycles. The van der Waals surface area contributed by atoms with Crippen LogP contribution in [0.3, 0.4) is 0 Å². The normalized spacial score (nSPS) is 18.1. The van der Waals surface area contributed by atoms with Gasteiger partial charge in [-0.15, -0.1) is 0 Å². The Morgan fingerprint density at radius 2 is 1.62 bits per heavy atom. The predicted molar refractivity (Wildman–Crippen MR) is 89.3 cm³/mol. The molecule has 0 N–H and O–H groups in total. The van der Waals surface area contributed by atoms with Crippen LogP contribution in [-0.2, 0) is 9.84 Å². The standard InChI is InChI=1S/C17H14F4N2O2S/c1-26(24,25)14-8-2-11(3-9-14)15-10-16(17(19,20)21)22-23(15)13-6-4-12(18)5-7-13/h2-9,15H,10H2,1H3. The van der Waals surface area contributed by atoms with Crippen molar-refractivity contribution in [3.05, 3.63) is 59.9 Å². The van der Waals surface area contributed by atoms with Crippen molar-refractivity contribution in [1.82, 2.24) is 0 Å². The number of sulfone groups is 1. The second kappa shape index (κ2) is 6.39. The lowest BCUT2D eigenvalue weighted by atomic mass is 10.0. The molecular weight excluding hydrogens is 372 g/mol. The first kappa shape index (κ1) is 18.4. The number of halogens is 4. The van der Waals surface area contributed by atoms with Crippen molar-refractivity contribution in [1.29, 1.82) is 0 Å². The lowest BCUT2D eigenvalue weighted by molar-refractivity contribution is -0.0600. The molecule has 138 valence electrons. The molecule has 9 heteroatoms. The Bertz CT molecular complexity index is 936. The van der Waals surface area contributed by atoms with Crippen LogP contribution in [0, 0.1) is 5.82 Å². The first-order valence-corrected chi connectivity index (χ1v) is 9.44. The number of hydrazone groups is 1. The largest absolute Gasteiger partial charge is 0.431 e. The van der Waals surface area contributed by atoms with Crippen molar-refractivity contribution in [3.63, 3.8) is 0 Å². The van der Waals surface area contributed by atoms with Gasteiger partial charge in [0.1, 0.15) is 11.5 Å². The summed E-state index contributed by atoms with van der Waals surface area (Å²) in [4.78, 5) is 0.0737. The van der Waals surface area contributed by atoms with Gasteiger partial charge >= 0.3 is 6.18 Å². The SMILES string of the molecule is CS(=O)(=O)c1ccc(C2CC(C(F)(F)F)=NN2c2ccc(F)cc2)cc1. The van der Waals surface area contributed by atoms with E-state index < -0.39 is 33.6 Å². The summed E-state index contributed by atoms with van der Waals surface area (Å²) in [5.74, 6) is -0.512. The maximum absolute atomic E-state index is 13.1. The van der Waals surface area contributed by atoms with Crippen LogP contribution in [0.5, 0.6) is 0 Å². The zero-order chi connectivity index (χ0) is 19.1. The summed E-state index contributed by atoms with van der Waals surface area (Å²) >= 11 is 0. The fourth-order valence-electron chi connectivity index (χ4n) is 2.71. The van der Waals surface area contributed by atoms with Gasteiger partial charge in [0.15, 0.2) is 9.84 Å². The van der Waals surface area contributed by atoms with E-state index in [0.717, 1.165) is 18.4 Å². The summed E-state index contributed by atoms with van der Waals surface area (Å²) in [5.41, 5.74) is -0.161. The molecule has 1 aliphatic rings. The van der Waals surface area contributed by atoms with Crippen molar-refractivity contribution < 1.29 is 26.0 Å². The molecule has 0 aliphatic carbocycles. The van der Waals surface area contributed by atoms with Crippen molar-refractivity contribution in [2.24, 2.45) is 5.10 Å². The van der Waals surface area contributed by atoms with Gasteiger partial charge in [0.25, 0.3) is 0 Å². The number of benzene rings is 2. The first-order valence-electron chi connectivity index (χ1n) is 7.55. The van der Waals surface area contributed by atoms with Crippen LogP contribution < -0.4 is 5.01 Å². The Morgan fingerprint density at radius 1 is 1.04 bits per heavy atom. The van der Waals surface area contributed by atoms with E-state index in [0.29, 0.717) is 11.3 Å². The molecule has 26 heavy (non-hydrogen) atoms. The average molecular weight is 386 g/mol. The molecule has 1 atom stereocenters. The minimum Gasteiger partial charge on any atom is -0.257 e. The number of hydrogen-bond acceptors (Lipinski definition) is 4. The number of anilines is 1. The van der Waals surface area contributed by atoms with Crippen LogP contribution in [0.2, 0.25) is 0 Å². The third-order valence-electron chi connectivity index (χ3n) is 4.02. The highest BCUT2D eigenvalue weighted by atomic mass is 32.2. The van der Waals surface area contributed by atoms with Gasteiger partial charge in [-0.1, -0.05) is 12.1 Å². The Labute approximate surface area is 147 Å². The molecule has 0 saturated heterocycles. The van der Waals surface area contributed by atoms with Gasteiger partial charge in [0, 0.05) is 12.7 Å². The number of hydrogen-bond donors (Lipinski definition) is 0. The molecule has 3 rings (SSSR count). The summed E-state index contributed by atoms with van der Waals surface area (Å²) in [6.07, 6.45) is -3.92. The molecule has 0 aromatic heterocycles. The van der Waals surface area contributed by atoms with Crippen LogP contribution in [0.15, 0.2) is 58.5 Å². The lowest BCUT2D eigenvalue weighted by Crippen LogP contribution is -2.21. The molecule has 0 radical (unpaired) electrons. The molecule has 4 nitrogen and oxygen atoms in total. The monoisotopic (exact) mass is 386 g/mol. The second-order valence-corrected chi connectivity index (χ2v) is 7.94. The van der Waals surface area contributed by atoms with Gasteiger partial charge in [-0.2, -0.15) is 18.3 Å². The minimum atomic E-state index is -4.58. The van der Waals surface area contributed by atoms with E-state index in [4.69, 9.17) is 0 Å². The van der Waals surface area contributed by atoms with E-state index in [1.165, 1.54) is 41.4 Å². The fraction of sp³-hybridized carbons (Fsp3) is 0.235.